The van der Waals surface area contributed by atoms with Gasteiger partial charge in [-0.1, -0.05) is 13.3 Å². The van der Waals surface area contributed by atoms with E-state index in [9.17, 15) is 8.78 Å². The summed E-state index contributed by atoms with van der Waals surface area (Å²) in [4.78, 5) is 0. The fourth-order valence-corrected chi connectivity index (χ4v) is 3.40. The van der Waals surface area contributed by atoms with Crippen LogP contribution in [0.25, 0.3) is 0 Å². The van der Waals surface area contributed by atoms with Crippen LogP contribution < -0.4 is 5.73 Å². The van der Waals surface area contributed by atoms with Crippen molar-refractivity contribution >= 4 is 0 Å². The van der Waals surface area contributed by atoms with Crippen LogP contribution in [0.5, 0.6) is 0 Å². The SMILES string of the molecule is CCC1(C2(N)CCC(F)(F)CC2)CCC1. The summed E-state index contributed by atoms with van der Waals surface area (Å²) in [6.07, 6.45) is 5.56. The molecule has 88 valence electrons. The van der Waals surface area contributed by atoms with Crippen LogP contribution in [0.3, 0.4) is 0 Å². The van der Waals surface area contributed by atoms with Gasteiger partial charge in [0.15, 0.2) is 0 Å². The summed E-state index contributed by atoms with van der Waals surface area (Å²) in [6.45, 7) is 2.15. The molecule has 0 amide bonds. The Kier molecular flexibility index (Phi) is 2.57. The van der Waals surface area contributed by atoms with E-state index in [1.807, 2.05) is 0 Å². The molecule has 2 aliphatic rings. The number of hydrogen-bond donors (Lipinski definition) is 1. The molecule has 0 radical (unpaired) electrons. The molecular formula is C12H21F2N. The molecule has 3 heteroatoms. The second kappa shape index (κ2) is 3.41. The Labute approximate surface area is 90.4 Å². The number of alkyl halides is 2. The van der Waals surface area contributed by atoms with Gasteiger partial charge < -0.3 is 5.73 Å². The van der Waals surface area contributed by atoms with Crippen molar-refractivity contribution in [1.29, 1.82) is 0 Å². The summed E-state index contributed by atoms with van der Waals surface area (Å²) in [5.74, 6) is -2.46. The maximum Gasteiger partial charge on any atom is 0.248 e. The molecule has 2 rings (SSSR count). The predicted octanol–water partition coefficient (Wildman–Crippen LogP) is 3.47. The van der Waals surface area contributed by atoms with Crippen LogP contribution in [0.4, 0.5) is 8.78 Å². The molecule has 2 N–H and O–H groups in total. The molecule has 1 nitrogen and oxygen atoms in total. The lowest BCUT2D eigenvalue weighted by Crippen LogP contribution is -2.61. The molecule has 0 aromatic heterocycles. The maximum atomic E-state index is 13.1. The van der Waals surface area contributed by atoms with E-state index in [1.165, 1.54) is 6.42 Å². The number of nitrogens with two attached hydrogens (primary N) is 1. The Morgan fingerprint density at radius 3 is 1.87 bits per heavy atom. The predicted molar refractivity (Wildman–Crippen MR) is 56.9 cm³/mol. The smallest absolute Gasteiger partial charge is 0.248 e. The standard InChI is InChI=1S/C12H21F2N/c1-2-10(4-3-5-10)11(15)6-8-12(13,14)9-7-11/h2-9,15H2,1H3. The van der Waals surface area contributed by atoms with Gasteiger partial charge in [-0.15, -0.1) is 0 Å². The minimum absolute atomic E-state index is 0.00868. The first-order valence-corrected chi connectivity index (χ1v) is 6.10. The fraction of sp³-hybridized carbons (Fsp3) is 1.00. The molecule has 0 heterocycles. The lowest BCUT2D eigenvalue weighted by Gasteiger charge is -2.56. The number of halogens is 2. The molecule has 0 bridgehead atoms. The van der Waals surface area contributed by atoms with Crippen molar-refractivity contribution in [3.05, 3.63) is 0 Å². The highest BCUT2D eigenvalue weighted by atomic mass is 19.3. The summed E-state index contributed by atoms with van der Waals surface area (Å²) < 4.78 is 26.2. The van der Waals surface area contributed by atoms with Gasteiger partial charge in [0.2, 0.25) is 5.92 Å². The van der Waals surface area contributed by atoms with Gasteiger partial charge in [-0.05, 0) is 37.5 Å². The van der Waals surface area contributed by atoms with Crippen LogP contribution in [0.1, 0.15) is 58.3 Å². The van der Waals surface area contributed by atoms with Crippen molar-refractivity contribution in [2.45, 2.75) is 69.8 Å². The van der Waals surface area contributed by atoms with Gasteiger partial charge in [-0.2, -0.15) is 0 Å². The summed E-state index contributed by atoms with van der Waals surface area (Å²) in [7, 11) is 0. The van der Waals surface area contributed by atoms with E-state index < -0.39 is 5.92 Å². The van der Waals surface area contributed by atoms with Gasteiger partial charge >= 0.3 is 0 Å². The van der Waals surface area contributed by atoms with Crippen molar-refractivity contribution in [2.24, 2.45) is 11.1 Å². The average Bonchev–Trinajstić information content (AvgIpc) is 2.10. The molecular weight excluding hydrogens is 196 g/mol. The molecule has 0 aromatic carbocycles. The van der Waals surface area contributed by atoms with Crippen molar-refractivity contribution in [3.63, 3.8) is 0 Å². The zero-order valence-electron chi connectivity index (χ0n) is 9.49. The molecule has 0 atom stereocenters. The maximum absolute atomic E-state index is 13.1. The van der Waals surface area contributed by atoms with Crippen molar-refractivity contribution in [1.82, 2.24) is 0 Å². The lowest BCUT2D eigenvalue weighted by molar-refractivity contribution is -0.0920. The van der Waals surface area contributed by atoms with Crippen LogP contribution in [0, 0.1) is 5.41 Å². The molecule has 2 aliphatic carbocycles. The molecule has 2 fully saturated rings. The zero-order valence-corrected chi connectivity index (χ0v) is 9.49. The highest BCUT2D eigenvalue weighted by molar-refractivity contribution is 5.08. The highest BCUT2D eigenvalue weighted by Crippen LogP contribution is 2.56. The van der Waals surface area contributed by atoms with Crippen LogP contribution in [0.2, 0.25) is 0 Å². The minimum atomic E-state index is -2.46. The van der Waals surface area contributed by atoms with Crippen LogP contribution in [-0.4, -0.2) is 11.5 Å². The summed E-state index contributed by atoms with van der Waals surface area (Å²) >= 11 is 0. The third-order valence-electron chi connectivity index (χ3n) is 4.92. The molecule has 0 aromatic rings. The van der Waals surface area contributed by atoms with Gasteiger partial charge in [0.05, 0.1) is 0 Å². The Morgan fingerprint density at radius 1 is 1.00 bits per heavy atom. The molecule has 0 aliphatic heterocycles. The number of hydrogen-bond acceptors (Lipinski definition) is 1. The van der Waals surface area contributed by atoms with Crippen LogP contribution in [0.15, 0.2) is 0 Å². The van der Waals surface area contributed by atoms with E-state index in [2.05, 4.69) is 6.92 Å². The molecule has 0 saturated heterocycles. The minimum Gasteiger partial charge on any atom is -0.325 e. The zero-order chi connectivity index (χ0) is 11.2. The van der Waals surface area contributed by atoms with Crippen LogP contribution in [-0.2, 0) is 0 Å². The Balaban J connectivity index is 2.08. The van der Waals surface area contributed by atoms with Gasteiger partial charge in [0.25, 0.3) is 0 Å². The summed E-state index contributed by atoms with van der Waals surface area (Å²) in [6, 6.07) is 0. The second-order valence-corrected chi connectivity index (χ2v) is 5.50. The van der Waals surface area contributed by atoms with E-state index in [-0.39, 0.29) is 23.8 Å². The quantitative estimate of drug-likeness (QED) is 0.753. The first-order chi connectivity index (χ1) is 6.93. The van der Waals surface area contributed by atoms with Crippen LogP contribution >= 0.6 is 0 Å². The third-order valence-corrected chi connectivity index (χ3v) is 4.92. The monoisotopic (exact) mass is 217 g/mol. The molecule has 0 spiro atoms. The normalized spacial score (nSPS) is 32.0. The third kappa shape index (κ3) is 1.69. The Bertz CT molecular complexity index is 230. The first kappa shape index (κ1) is 11.3. The summed E-state index contributed by atoms with van der Waals surface area (Å²) in [5.41, 5.74) is 6.28. The lowest BCUT2D eigenvalue weighted by atomic mass is 9.52. The van der Waals surface area contributed by atoms with Gasteiger partial charge in [0.1, 0.15) is 0 Å². The van der Waals surface area contributed by atoms with Gasteiger partial charge in [0, 0.05) is 18.4 Å². The van der Waals surface area contributed by atoms with Crippen molar-refractivity contribution < 1.29 is 8.78 Å². The highest BCUT2D eigenvalue weighted by Gasteiger charge is 2.54. The van der Waals surface area contributed by atoms with E-state index in [4.69, 9.17) is 5.73 Å². The van der Waals surface area contributed by atoms with E-state index >= 15 is 0 Å². The molecule has 0 unspecified atom stereocenters. The Hall–Kier alpha value is -0.180. The van der Waals surface area contributed by atoms with E-state index in [0.29, 0.717) is 12.8 Å². The average molecular weight is 217 g/mol. The first-order valence-electron chi connectivity index (χ1n) is 6.10. The largest absolute Gasteiger partial charge is 0.325 e. The number of rotatable bonds is 2. The fourth-order valence-electron chi connectivity index (χ4n) is 3.40. The van der Waals surface area contributed by atoms with Crippen molar-refractivity contribution in [3.8, 4) is 0 Å². The molecule has 2 saturated carbocycles. The van der Waals surface area contributed by atoms with Crippen molar-refractivity contribution in [2.75, 3.05) is 0 Å². The topological polar surface area (TPSA) is 26.0 Å². The second-order valence-electron chi connectivity index (χ2n) is 5.50. The van der Waals surface area contributed by atoms with Gasteiger partial charge in [-0.3, -0.25) is 0 Å². The van der Waals surface area contributed by atoms with E-state index in [0.717, 1.165) is 19.3 Å². The van der Waals surface area contributed by atoms with E-state index in [1.54, 1.807) is 0 Å². The van der Waals surface area contributed by atoms with Gasteiger partial charge in [-0.25, -0.2) is 8.78 Å². The summed E-state index contributed by atoms with van der Waals surface area (Å²) in [5, 5.41) is 0. The molecule has 15 heavy (non-hydrogen) atoms. The Morgan fingerprint density at radius 2 is 1.53 bits per heavy atom.